The molecule has 0 aliphatic rings. The van der Waals surface area contributed by atoms with E-state index in [2.05, 4.69) is 18.3 Å². The second kappa shape index (κ2) is 13.4. The van der Waals surface area contributed by atoms with Crippen LogP contribution in [0.2, 0.25) is 5.02 Å². The highest BCUT2D eigenvalue weighted by atomic mass is 35.5. The Morgan fingerprint density at radius 2 is 1.84 bits per heavy atom. The number of carbonyl (C=O) groups excluding carboxylic acids is 2. The van der Waals surface area contributed by atoms with Crippen LogP contribution in [0.15, 0.2) is 48.5 Å². The molecular weight excluding hydrogens is 428 g/mol. The van der Waals surface area contributed by atoms with Crippen molar-refractivity contribution < 1.29 is 9.59 Å². The first-order valence-electron chi connectivity index (χ1n) is 10.9. The Bertz CT molecular complexity index is 859. The third-order valence-corrected chi connectivity index (χ3v) is 6.26. The third kappa shape index (κ3) is 8.58. The van der Waals surface area contributed by atoms with Crippen molar-refractivity contribution in [1.29, 1.82) is 0 Å². The van der Waals surface area contributed by atoms with E-state index in [0.717, 1.165) is 29.5 Å². The van der Waals surface area contributed by atoms with Gasteiger partial charge < -0.3 is 10.2 Å². The summed E-state index contributed by atoms with van der Waals surface area (Å²) >= 11 is 7.60. The normalized spacial score (nSPS) is 11.7. The van der Waals surface area contributed by atoms with Crippen molar-refractivity contribution in [3.8, 4) is 0 Å². The van der Waals surface area contributed by atoms with Crippen molar-refractivity contribution in [1.82, 2.24) is 10.2 Å². The molecule has 2 rings (SSSR count). The Morgan fingerprint density at radius 1 is 1.10 bits per heavy atom. The van der Waals surface area contributed by atoms with Gasteiger partial charge in [-0.25, -0.2) is 0 Å². The monoisotopic (exact) mass is 460 g/mol. The summed E-state index contributed by atoms with van der Waals surface area (Å²) in [6, 6.07) is 15.3. The van der Waals surface area contributed by atoms with E-state index in [1.54, 1.807) is 16.7 Å². The molecule has 0 heterocycles. The zero-order valence-electron chi connectivity index (χ0n) is 18.7. The van der Waals surface area contributed by atoms with Gasteiger partial charge in [-0.15, -0.1) is 11.8 Å². The predicted octanol–water partition coefficient (Wildman–Crippen LogP) is 5.61. The summed E-state index contributed by atoms with van der Waals surface area (Å²) in [7, 11) is 0. The van der Waals surface area contributed by atoms with Crippen LogP contribution in [-0.2, 0) is 21.9 Å². The van der Waals surface area contributed by atoms with Gasteiger partial charge in [-0.05, 0) is 43.0 Å². The average molecular weight is 461 g/mol. The van der Waals surface area contributed by atoms with E-state index in [4.69, 9.17) is 11.6 Å². The van der Waals surface area contributed by atoms with Crippen LogP contribution in [0.1, 0.15) is 49.8 Å². The molecule has 0 fully saturated rings. The molecule has 0 aliphatic heterocycles. The summed E-state index contributed by atoms with van der Waals surface area (Å²) in [6.07, 6.45) is 2.53. The van der Waals surface area contributed by atoms with Gasteiger partial charge in [0.05, 0.1) is 5.75 Å². The number of carbonyl (C=O) groups is 2. The fourth-order valence-electron chi connectivity index (χ4n) is 3.40. The van der Waals surface area contributed by atoms with Gasteiger partial charge in [0.25, 0.3) is 0 Å². The number of thioether (sulfide) groups is 1. The minimum absolute atomic E-state index is 0.0222. The number of unbranched alkanes of at least 4 members (excludes halogenated alkanes) is 1. The van der Waals surface area contributed by atoms with Gasteiger partial charge in [0.1, 0.15) is 6.04 Å². The van der Waals surface area contributed by atoms with Gasteiger partial charge in [-0.3, -0.25) is 9.59 Å². The molecule has 31 heavy (non-hydrogen) atoms. The van der Waals surface area contributed by atoms with Crippen LogP contribution in [0.4, 0.5) is 0 Å². The molecule has 2 aromatic rings. The zero-order chi connectivity index (χ0) is 22.6. The van der Waals surface area contributed by atoms with Crippen molar-refractivity contribution in [3.05, 3.63) is 70.2 Å². The smallest absolute Gasteiger partial charge is 0.242 e. The molecule has 0 saturated carbocycles. The fourth-order valence-corrected chi connectivity index (χ4v) is 4.47. The van der Waals surface area contributed by atoms with E-state index >= 15 is 0 Å². The maximum atomic E-state index is 13.2. The Hall–Kier alpha value is -1.98. The lowest BCUT2D eigenvalue weighted by atomic mass is 10.1. The molecule has 2 aromatic carbocycles. The number of benzene rings is 2. The first-order valence-corrected chi connectivity index (χ1v) is 12.4. The Labute approximate surface area is 195 Å². The summed E-state index contributed by atoms with van der Waals surface area (Å²) in [5.74, 6) is 0.920. The van der Waals surface area contributed by atoms with Gasteiger partial charge in [-0.2, -0.15) is 0 Å². The number of halogens is 1. The van der Waals surface area contributed by atoms with E-state index in [1.165, 1.54) is 0 Å². The van der Waals surface area contributed by atoms with Crippen molar-refractivity contribution in [3.63, 3.8) is 0 Å². The molecule has 2 amide bonds. The molecule has 0 aliphatic carbocycles. The van der Waals surface area contributed by atoms with Crippen molar-refractivity contribution in [2.24, 2.45) is 0 Å². The molecule has 4 nitrogen and oxygen atoms in total. The lowest BCUT2D eigenvalue weighted by Crippen LogP contribution is -2.49. The largest absolute Gasteiger partial charge is 0.354 e. The van der Waals surface area contributed by atoms with E-state index in [1.807, 2.05) is 56.3 Å². The molecular formula is C25H33ClN2O2S. The Balaban J connectivity index is 2.10. The molecule has 1 atom stereocenters. The molecule has 1 N–H and O–H groups in total. The quantitative estimate of drug-likeness (QED) is 0.419. The summed E-state index contributed by atoms with van der Waals surface area (Å²) < 4.78 is 0. The average Bonchev–Trinajstić information content (AvgIpc) is 2.74. The lowest BCUT2D eigenvalue weighted by Gasteiger charge is -2.30. The molecule has 0 bridgehead atoms. The van der Waals surface area contributed by atoms with Gasteiger partial charge in [-0.1, -0.05) is 73.8 Å². The first-order chi connectivity index (χ1) is 14.9. The molecule has 0 aromatic heterocycles. The fraction of sp³-hybridized carbons (Fsp3) is 0.440. The van der Waals surface area contributed by atoms with E-state index < -0.39 is 6.04 Å². The highest BCUT2D eigenvalue weighted by Crippen LogP contribution is 2.19. The second-order valence-corrected chi connectivity index (χ2v) is 9.12. The number of amides is 2. The van der Waals surface area contributed by atoms with Crippen molar-refractivity contribution in [2.75, 3.05) is 12.3 Å². The van der Waals surface area contributed by atoms with Gasteiger partial charge in [0.15, 0.2) is 0 Å². The third-order valence-electron chi connectivity index (χ3n) is 5.03. The van der Waals surface area contributed by atoms with E-state index in [9.17, 15) is 9.59 Å². The molecule has 168 valence electrons. The van der Waals surface area contributed by atoms with Crippen molar-refractivity contribution >= 4 is 35.2 Å². The highest BCUT2D eigenvalue weighted by Gasteiger charge is 2.28. The van der Waals surface area contributed by atoms with Crippen LogP contribution in [0.25, 0.3) is 0 Å². The minimum atomic E-state index is -0.475. The van der Waals surface area contributed by atoms with Crippen LogP contribution in [0, 0.1) is 6.92 Å². The topological polar surface area (TPSA) is 49.4 Å². The van der Waals surface area contributed by atoms with Crippen molar-refractivity contribution in [2.45, 2.75) is 58.4 Å². The van der Waals surface area contributed by atoms with Crippen LogP contribution >= 0.6 is 23.4 Å². The standard InChI is InChI=1S/C25H33ClN2O2S/c1-4-6-13-27-25(30)23(5-2)28(16-20-10-7-9-19(3)14-20)24(29)18-31-17-21-11-8-12-22(26)15-21/h7-12,14-15,23H,4-6,13,16-18H2,1-3H3,(H,27,30)/t23-/m0/s1. The molecule has 6 heteroatoms. The summed E-state index contributed by atoms with van der Waals surface area (Å²) in [5, 5.41) is 3.70. The zero-order valence-corrected chi connectivity index (χ0v) is 20.3. The van der Waals surface area contributed by atoms with Gasteiger partial charge >= 0.3 is 0 Å². The lowest BCUT2D eigenvalue weighted by molar-refractivity contribution is -0.139. The second-order valence-electron chi connectivity index (χ2n) is 7.70. The molecule has 0 saturated heterocycles. The SMILES string of the molecule is CCCCNC(=O)[C@H](CC)N(Cc1cccc(C)c1)C(=O)CSCc1cccc(Cl)c1. The summed E-state index contributed by atoms with van der Waals surface area (Å²) in [5.41, 5.74) is 3.26. The molecule has 0 spiro atoms. The van der Waals surface area contributed by atoms with Crippen LogP contribution in [0.5, 0.6) is 0 Å². The number of nitrogens with zero attached hydrogens (tertiary/aromatic N) is 1. The number of hydrogen-bond donors (Lipinski definition) is 1. The summed E-state index contributed by atoms with van der Waals surface area (Å²) in [6.45, 7) is 7.15. The number of rotatable bonds is 12. The maximum Gasteiger partial charge on any atom is 0.242 e. The first kappa shape index (κ1) is 25.3. The Morgan fingerprint density at radius 3 is 2.52 bits per heavy atom. The molecule has 0 radical (unpaired) electrons. The van der Waals surface area contributed by atoms with E-state index in [-0.39, 0.29) is 11.8 Å². The van der Waals surface area contributed by atoms with Gasteiger partial charge in [0.2, 0.25) is 11.8 Å². The number of nitrogens with one attached hydrogen (secondary N) is 1. The molecule has 0 unspecified atom stereocenters. The van der Waals surface area contributed by atoms with E-state index in [0.29, 0.717) is 36.0 Å². The van der Waals surface area contributed by atoms with Crippen LogP contribution < -0.4 is 5.32 Å². The summed E-state index contributed by atoms with van der Waals surface area (Å²) in [4.78, 5) is 27.8. The maximum absolute atomic E-state index is 13.2. The highest BCUT2D eigenvalue weighted by molar-refractivity contribution is 7.99. The number of aryl methyl sites for hydroxylation is 1. The number of hydrogen-bond acceptors (Lipinski definition) is 3. The predicted molar refractivity (Wildman–Crippen MR) is 131 cm³/mol. The Kier molecular flexibility index (Phi) is 11.0. The van der Waals surface area contributed by atoms with Gasteiger partial charge in [0, 0.05) is 23.9 Å². The van der Waals surface area contributed by atoms with Crippen LogP contribution in [0.3, 0.4) is 0 Å². The minimum Gasteiger partial charge on any atom is -0.354 e. The van der Waals surface area contributed by atoms with Crippen LogP contribution in [-0.4, -0.2) is 35.1 Å².